The van der Waals surface area contributed by atoms with E-state index in [0.29, 0.717) is 9.83 Å². The van der Waals surface area contributed by atoms with Gasteiger partial charge in [-0.25, -0.2) is 14.2 Å². The van der Waals surface area contributed by atoms with Crippen LogP contribution < -0.4 is 4.90 Å². The number of amides is 1. The third-order valence-electron chi connectivity index (χ3n) is 4.58. The first kappa shape index (κ1) is 19.7. The Hall–Kier alpha value is -3.58. The van der Waals surface area contributed by atoms with Gasteiger partial charge in [0, 0.05) is 0 Å². The second-order valence-corrected chi connectivity index (χ2v) is 7.51. The minimum Gasteiger partial charge on any atom is -0.465 e. The summed E-state index contributed by atoms with van der Waals surface area (Å²) >= 11 is 1.22. The van der Waals surface area contributed by atoms with E-state index in [1.54, 1.807) is 30.3 Å². The Morgan fingerprint density at radius 1 is 0.967 bits per heavy atom. The van der Waals surface area contributed by atoms with Crippen LogP contribution in [0.15, 0.2) is 72.8 Å². The number of benzene rings is 3. The SMILES string of the molecule is COC(=O)c1ccccc1C(=O)N(Cc1ccccc1)c1nc2c(F)cccc2s1. The van der Waals surface area contributed by atoms with E-state index in [0.717, 1.165) is 5.56 Å². The number of carbonyl (C=O) groups is 2. The van der Waals surface area contributed by atoms with Crippen molar-refractivity contribution >= 4 is 38.6 Å². The lowest BCUT2D eigenvalue weighted by Gasteiger charge is -2.21. The van der Waals surface area contributed by atoms with E-state index in [-0.39, 0.29) is 23.2 Å². The van der Waals surface area contributed by atoms with Crippen molar-refractivity contribution in [3.05, 3.63) is 95.3 Å². The molecule has 0 bridgehead atoms. The number of thiazole rings is 1. The standard InChI is InChI=1S/C23H17FN2O3S/c1-29-22(28)17-11-6-5-10-16(17)21(27)26(14-15-8-3-2-4-9-15)23-25-20-18(24)12-7-13-19(20)30-23/h2-13H,14H2,1H3. The molecule has 1 heterocycles. The predicted octanol–water partition coefficient (Wildman–Crippen LogP) is 5.07. The van der Waals surface area contributed by atoms with Crippen LogP contribution in [0.1, 0.15) is 26.3 Å². The van der Waals surface area contributed by atoms with Crippen molar-refractivity contribution < 1.29 is 18.7 Å². The summed E-state index contributed by atoms with van der Waals surface area (Å²) < 4.78 is 19.7. The van der Waals surface area contributed by atoms with Crippen molar-refractivity contribution in [2.45, 2.75) is 6.54 Å². The molecule has 3 aromatic carbocycles. The Bertz CT molecular complexity index is 1220. The van der Waals surface area contributed by atoms with Crippen LogP contribution in [-0.2, 0) is 11.3 Å². The summed E-state index contributed by atoms with van der Waals surface area (Å²) in [6, 6.07) is 20.6. The maximum absolute atomic E-state index is 14.2. The molecule has 0 saturated heterocycles. The lowest BCUT2D eigenvalue weighted by molar-refractivity contribution is 0.0597. The van der Waals surface area contributed by atoms with Gasteiger partial charge in [-0.15, -0.1) is 0 Å². The number of anilines is 1. The fourth-order valence-corrected chi connectivity index (χ4v) is 4.09. The number of esters is 1. The molecule has 0 spiro atoms. The van der Waals surface area contributed by atoms with Crippen molar-refractivity contribution in [1.82, 2.24) is 4.98 Å². The van der Waals surface area contributed by atoms with Crippen molar-refractivity contribution in [1.29, 1.82) is 0 Å². The lowest BCUT2D eigenvalue weighted by Crippen LogP contribution is -2.31. The molecule has 0 aliphatic heterocycles. The molecule has 0 fully saturated rings. The number of para-hydroxylation sites is 1. The molecule has 4 aromatic rings. The summed E-state index contributed by atoms with van der Waals surface area (Å²) in [4.78, 5) is 31.6. The minimum absolute atomic E-state index is 0.162. The molecule has 0 aliphatic carbocycles. The van der Waals surface area contributed by atoms with Crippen LogP contribution in [0.25, 0.3) is 10.2 Å². The Labute approximate surface area is 176 Å². The van der Waals surface area contributed by atoms with Crippen molar-refractivity contribution in [2.24, 2.45) is 0 Å². The van der Waals surface area contributed by atoms with Gasteiger partial charge in [-0.3, -0.25) is 9.69 Å². The van der Waals surface area contributed by atoms with Crippen LogP contribution in [0.2, 0.25) is 0 Å². The number of halogens is 1. The third kappa shape index (κ3) is 3.79. The van der Waals surface area contributed by atoms with E-state index in [2.05, 4.69) is 4.98 Å². The van der Waals surface area contributed by atoms with E-state index >= 15 is 0 Å². The zero-order chi connectivity index (χ0) is 21.1. The van der Waals surface area contributed by atoms with Crippen LogP contribution in [-0.4, -0.2) is 24.0 Å². The first-order chi connectivity index (χ1) is 14.6. The first-order valence-corrected chi connectivity index (χ1v) is 9.98. The molecule has 150 valence electrons. The van der Waals surface area contributed by atoms with Gasteiger partial charge in [0.15, 0.2) is 5.13 Å². The summed E-state index contributed by atoms with van der Waals surface area (Å²) in [5, 5.41) is 0.351. The number of hydrogen-bond donors (Lipinski definition) is 0. The highest BCUT2D eigenvalue weighted by atomic mass is 32.1. The summed E-state index contributed by atoms with van der Waals surface area (Å²) in [6.07, 6.45) is 0. The molecule has 0 radical (unpaired) electrons. The van der Waals surface area contributed by atoms with Gasteiger partial charge >= 0.3 is 5.97 Å². The average Bonchev–Trinajstić information content (AvgIpc) is 3.22. The highest BCUT2D eigenvalue weighted by molar-refractivity contribution is 7.22. The topological polar surface area (TPSA) is 59.5 Å². The highest BCUT2D eigenvalue weighted by Crippen LogP contribution is 2.32. The fraction of sp³-hybridized carbons (Fsp3) is 0.0870. The van der Waals surface area contributed by atoms with Crippen molar-refractivity contribution in [3.63, 3.8) is 0 Å². The number of fused-ring (bicyclic) bond motifs is 1. The number of ether oxygens (including phenoxy) is 1. The number of methoxy groups -OCH3 is 1. The molecule has 5 nitrogen and oxygen atoms in total. The molecule has 0 atom stereocenters. The van der Waals surface area contributed by atoms with Crippen molar-refractivity contribution in [2.75, 3.05) is 12.0 Å². The molecule has 0 aliphatic rings. The maximum atomic E-state index is 14.2. The number of hydrogen-bond acceptors (Lipinski definition) is 5. The van der Waals surface area contributed by atoms with E-state index in [9.17, 15) is 14.0 Å². The molecule has 1 aromatic heterocycles. The Kier molecular flexibility index (Phi) is 5.54. The van der Waals surface area contributed by atoms with E-state index in [4.69, 9.17) is 4.74 Å². The van der Waals surface area contributed by atoms with E-state index < -0.39 is 17.7 Å². The predicted molar refractivity (Wildman–Crippen MR) is 114 cm³/mol. The number of nitrogens with zero attached hydrogens (tertiary/aromatic N) is 2. The summed E-state index contributed by atoms with van der Waals surface area (Å²) in [6.45, 7) is 0.219. The number of carbonyl (C=O) groups excluding carboxylic acids is 2. The largest absolute Gasteiger partial charge is 0.465 e. The molecule has 1 amide bonds. The zero-order valence-electron chi connectivity index (χ0n) is 16.0. The molecule has 7 heteroatoms. The minimum atomic E-state index is -0.603. The van der Waals surface area contributed by atoms with Gasteiger partial charge in [0.05, 0.1) is 29.5 Å². The second kappa shape index (κ2) is 8.42. The van der Waals surface area contributed by atoms with Crippen LogP contribution in [0, 0.1) is 5.82 Å². The summed E-state index contributed by atoms with van der Waals surface area (Å²) in [5.41, 5.74) is 1.45. The van der Waals surface area contributed by atoms with Crippen molar-refractivity contribution in [3.8, 4) is 0 Å². The number of rotatable bonds is 5. The average molecular weight is 420 g/mol. The fourth-order valence-electron chi connectivity index (χ4n) is 3.11. The molecule has 0 unspecified atom stereocenters. The zero-order valence-corrected chi connectivity index (χ0v) is 16.9. The maximum Gasteiger partial charge on any atom is 0.338 e. The van der Waals surface area contributed by atoms with Gasteiger partial charge in [-0.1, -0.05) is 59.9 Å². The van der Waals surface area contributed by atoms with Gasteiger partial charge in [0.2, 0.25) is 0 Å². The molecule has 0 saturated carbocycles. The van der Waals surface area contributed by atoms with Crippen LogP contribution >= 0.6 is 11.3 Å². The monoisotopic (exact) mass is 420 g/mol. The van der Waals surface area contributed by atoms with Crippen LogP contribution in [0.3, 0.4) is 0 Å². The Balaban J connectivity index is 1.82. The molecular weight excluding hydrogens is 403 g/mol. The van der Waals surface area contributed by atoms with Gasteiger partial charge < -0.3 is 4.74 Å². The number of aromatic nitrogens is 1. The van der Waals surface area contributed by atoms with Gasteiger partial charge in [-0.05, 0) is 29.8 Å². The lowest BCUT2D eigenvalue weighted by atomic mass is 10.1. The molecule has 0 N–H and O–H groups in total. The van der Waals surface area contributed by atoms with E-state index in [1.165, 1.54) is 35.5 Å². The second-order valence-electron chi connectivity index (χ2n) is 6.50. The van der Waals surface area contributed by atoms with E-state index in [1.807, 2.05) is 30.3 Å². The smallest absolute Gasteiger partial charge is 0.338 e. The normalized spacial score (nSPS) is 10.7. The van der Waals surface area contributed by atoms with Gasteiger partial charge in [0.25, 0.3) is 5.91 Å². The first-order valence-electron chi connectivity index (χ1n) is 9.16. The molecule has 30 heavy (non-hydrogen) atoms. The highest BCUT2D eigenvalue weighted by Gasteiger charge is 2.26. The molecule has 4 rings (SSSR count). The van der Waals surface area contributed by atoms with Crippen LogP contribution in [0.4, 0.5) is 9.52 Å². The van der Waals surface area contributed by atoms with Gasteiger partial charge in [-0.2, -0.15) is 0 Å². The summed E-state index contributed by atoms with van der Waals surface area (Å²) in [5.74, 6) is -1.47. The Morgan fingerprint density at radius 2 is 1.67 bits per heavy atom. The van der Waals surface area contributed by atoms with Crippen LogP contribution in [0.5, 0.6) is 0 Å². The van der Waals surface area contributed by atoms with Gasteiger partial charge in [0.1, 0.15) is 11.3 Å². The third-order valence-corrected chi connectivity index (χ3v) is 5.62. The summed E-state index contributed by atoms with van der Waals surface area (Å²) in [7, 11) is 1.27. The quantitative estimate of drug-likeness (QED) is 0.423. The molecular formula is C23H17FN2O3S. The Morgan fingerprint density at radius 3 is 2.37 bits per heavy atom.